The molecule has 16 heavy (non-hydrogen) atoms. The predicted molar refractivity (Wildman–Crippen MR) is 58.8 cm³/mol. The molecule has 1 aliphatic heterocycles. The molecule has 1 aliphatic rings. The Morgan fingerprint density at radius 2 is 2.06 bits per heavy atom. The van der Waals surface area contributed by atoms with Crippen LogP contribution in [0.15, 0.2) is 12.1 Å². The van der Waals surface area contributed by atoms with Gasteiger partial charge in [-0.25, -0.2) is 4.39 Å². The van der Waals surface area contributed by atoms with Gasteiger partial charge in [-0.15, -0.1) is 0 Å². The average molecular weight is 223 g/mol. The monoisotopic (exact) mass is 223 g/mol. The molecular formula is C12H14FNO2. The number of halogens is 1. The summed E-state index contributed by atoms with van der Waals surface area (Å²) in [5, 5.41) is 9.81. The smallest absolute Gasteiger partial charge is 0.231 e. The van der Waals surface area contributed by atoms with Gasteiger partial charge in [-0.05, 0) is 31.0 Å². The van der Waals surface area contributed by atoms with Crippen LogP contribution in [-0.4, -0.2) is 18.1 Å². The molecule has 0 saturated carbocycles. The largest absolute Gasteiger partial charge is 0.386 e. The van der Waals surface area contributed by atoms with E-state index in [4.69, 9.17) is 0 Å². The van der Waals surface area contributed by atoms with Crippen LogP contribution < -0.4 is 4.90 Å². The van der Waals surface area contributed by atoms with Gasteiger partial charge < -0.3 is 10.0 Å². The molecule has 0 fully saturated rings. The van der Waals surface area contributed by atoms with Gasteiger partial charge in [0.2, 0.25) is 5.91 Å². The predicted octanol–water partition coefficient (Wildman–Crippen LogP) is 1.57. The molecule has 1 N–H and O–H groups in total. The lowest BCUT2D eigenvalue weighted by Gasteiger charge is -2.20. The van der Waals surface area contributed by atoms with Crippen LogP contribution in [0.1, 0.15) is 25.0 Å². The summed E-state index contributed by atoms with van der Waals surface area (Å²) in [6, 6.07) is 2.98. The minimum absolute atomic E-state index is 0.123. The van der Waals surface area contributed by atoms with E-state index >= 15 is 0 Å². The second-order valence-corrected chi connectivity index (χ2v) is 4.65. The molecule has 0 radical (unpaired) electrons. The van der Waals surface area contributed by atoms with E-state index in [1.165, 1.54) is 11.0 Å². The van der Waals surface area contributed by atoms with Gasteiger partial charge in [0.1, 0.15) is 5.82 Å². The molecule has 3 nitrogen and oxygen atoms in total. The molecule has 2 rings (SSSR count). The van der Waals surface area contributed by atoms with Crippen molar-refractivity contribution < 1.29 is 14.3 Å². The fraction of sp³-hybridized carbons (Fsp3) is 0.417. The third-order valence-electron chi connectivity index (χ3n) is 2.90. The Morgan fingerprint density at radius 1 is 1.44 bits per heavy atom. The maximum absolute atomic E-state index is 13.8. The van der Waals surface area contributed by atoms with E-state index in [2.05, 4.69) is 0 Å². The first kappa shape index (κ1) is 11.1. The van der Waals surface area contributed by atoms with Crippen molar-refractivity contribution in [2.24, 2.45) is 0 Å². The van der Waals surface area contributed by atoms with E-state index < -0.39 is 11.4 Å². The minimum atomic E-state index is -1.10. The first-order valence-electron chi connectivity index (χ1n) is 5.12. The van der Waals surface area contributed by atoms with Crippen LogP contribution >= 0.6 is 0 Å². The number of nitrogens with zero attached hydrogens (tertiary/aromatic N) is 1. The summed E-state index contributed by atoms with van der Waals surface area (Å²) in [5.74, 6) is -0.579. The molecule has 0 aromatic heterocycles. The fourth-order valence-electron chi connectivity index (χ4n) is 1.93. The molecule has 4 heteroatoms. The van der Waals surface area contributed by atoms with Gasteiger partial charge in [0.25, 0.3) is 0 Å². The van der Waals surface area contributed by atoms with Crippen LogP contribution in [0.3, 0.4) is 0 Å². The quantitative estimate of drug-likeness (QED) is 0.785. The number of amides is 1. The van der Waals surface area contributed by atoms with Crippen molar-refractivity contribution in [1.29, 1.82) is 0 Å². The number of fused-ring (bicyclic) bond motifs is 1. The van der Waals surface area contributed by atoms with Crippen LogP contribution in [0.2, 0.25) is 0 Å². The molecule has 0 bridgehead atoms. The van der Waals surface area contributed by atoms with Crippen molar-refractivity contribution in [3.05, 3.63) is 29.1 Å². The molecular weight excluding hydrogens is 209 g/mol. The highest BCUT2D eigenvalue weighted by molar-refractivity contribution is 6.01. The van der Waals surface area contributed by atoms with E-state index in [1.54, 1.807) is 27.0 Å². The number of carbonyl (C=O) groups is 1. The zero-order chi connectivity index (χ0) is 12.1. The van der Waals surface area contributed by atoms with Crippen LogP contribution in [-0.2, 0) is 16.8 Å². The van der Waals surface area contributed by atoms with Crippen molar-refractivity contribution in [3.63, 3.8) is 0 Å². The summed E-state index contributed by atoms with van der Waals surface area (Å²) in [5.41, 5.74) is 0.370. The van der Waals surface area contributed by atoms with Gasteiger partial charge in [-0.3, -0.25) is 4.79 Å². The maximum atomic E-state index is 13.8. The molecule has 1 heterocycles. The Balaban J connectivity index is 2.58. The number of anilines is 1. The fourth-order valence-corrected chi connectivity index (χ4v) is 1.93. The number of hydrogen-bond donors (Lipinski definition) is 1. The highest BCUT2D eigenvalue weighted by atomic mass is 19.1. The van der Waals surface area contributed by atoms with Crippen molar-refractivity contribution in [2.45, 2.75) is 25.9 Å². The zero-order valence-corrected chi connectivity index (χ0v) is 9.54. The van der Waals surface area contributed by atoms with E-state index in [-0.39, 0.29) is 12.3 Å². The zero-order valence-electron chi connectivity index (χ0n) is 9.54. The Kier molecular flexibility index (Phi) is 2.27. The number of carbonyl (C=O) groups excluding carboxylic acids is 1. The number of rotatable bonds is 1. The number of aliphatic hydroxyl groups is 1. The van der Waals surface area contributed by atoms with Gasteiger partial charge in [0.05, 0.1) is 17.7 Å². The second-order valence-electron chi connectivity index (χ2n) is 4.65. The molecule has 0 aliphatic carbocycles. The molecule has 1 aromatic rings. The molecule has 1 amide bonds. The van der Waals surface area contributed by atoms with Gasteiger partial charge in [-0.1, -0.05) is 6.07 Å². The third kappa shape index (κ3) is 1.59. The second kappa shape index (κ2) is 3.28. The van der Waals surface area contributed by atoms with Crippen molar-refractivity contribution in [1.82, 2.24) is 0 Å². The van der Waals surface area contributed by atoms with Gasteiger partial charge in [0.15, 0.2) is 0 Å². The Hall–Kier alpha value is -1.42. The summed E-state index contributed by atoms with van der Waals surface area (Å²) in [7, 11) is 1.56. The SMILES string of the molecule is CN1C(=O)Cc2cc(C(C)(C)O)cc(F)c21. The van der Waals surface area contributed by atoms with Crippen LogP contribution in [0.5, 0.6) is 0 Å². The summed E-state index contributed by atoms with van der Waals surface area (Å²) in [6.45, 7) is 3.18. The Bertz CT molecular complexity index is 463. The van der Waals surface area contributed by atoms with Crippen molar-refractivity contribution in [3.8, 4) is 0 Å². The number of likely N-dealkylation sites (N-methyl/N-ethyl adjacent to an activating group) is 1. The van der Waals surface area contributed by atoms with Crippen LogP contribution in [0.25, 0.3) is 0 Å². The third-order valence-corrected chi connectivity index (χ3v) is 2.90. The van der Waals surface area contributed by atoms with E-state index in [0.29, 0.717) is 16.8 Å². The molecule has 0 saturated heterocycles. The van der Waals surface area contributed by atoms with Gasteiger partial charge in [0, 0.05) is 7.05 Å². The molecule has 0 unspecified atom stereocenters. The minimum Gasteiger partial charge on any atom is -0.386 e. The average Bonchev–Trinajstić information content (AvgIpc) is 2.41. The van der Waals surface area contributed by atoms with Crippen LogP contribution in [0, 0.1) is 5.82 Å². The lowest BCUT2D eigenvalue weighted by atomic mass is 9.95. The lowest BCUT2D eigenvalue weighted by molar-refractivity contribution is -0.117. The number of hydrogen-bond acceptors (Lipinski definition) is 2. The first-order chi connectivity index (χ1) is 7.30. The van der Waals surface area contributed by atoms with Crippen molar-refractivity contribution >= 4 is 11.6 Å². The standard InChI is InChI=1S/C12H14FNO2/c1-12(2,16)8-4-7-5-10(15)14(3)11(7)9(13)6-8/h4,6,16H,5H2,1-3H3. The van der Waals surface area contributed by atoms with E-state index in [9.17, 15) is 14.3 Å². The first-order valence-corrected chi connectivity index (χ1v) is 5.12. The van der Waals surface area contributed by atoms with Gasteiger partial charge in [-0.2, -0.15) is 0 Å². The normalized spacial score (nSPS) is 15.6. The molecule has 86 valence electrons. The molecule has 0 spiro atoms. The lowest BCUT2D eigenvalue weighted by Crippen LogP contribution is -2.21. The summed E-state index contributed by atoms with van der Waals surface area (Å²) in [4.78, 5) is 12.8. The van der Waals surface area contributed by atoms with E-state index in [0.717, 1.165) is 0 Å². The topological polar surface area (TPSA) is 40.5 Å². The molecule has 1 aromatic carbocycles. The summed E-state index contributed by atoms with van der Waals surface area (Å²) in [6.07, 6.45) is 0.201. The highest BCUT2D eigenvalue weighted by Crippen LogP contribution is 2.34. The van der Waals surface area contributed by atoms with Crippen LogP contribution in [0.4, 0.5) is 10.1 Å². The number of benzene rings is 1. The molecule has 0 atom stereocenters. The van der Waals surface area contributed by atoms with E-state index in [1.807, 2.05) is 0 Å². The Labute approximate surface area is 93.5 Å². The Morgan fingerprint density at radius 3 is 2.62 bits per heavy atom. The van der Waals surface area contributed by atoms with Gasteiger partial charge >= 0.3 is 0 Å². The summed E-state index contributed by atoms with van der Waals surface area (Å²) < 4.78 is 13.8. The highest BCUT2D eigenvalue weighted by Gasteiger charge is 2.30. The van der Waals surface area contributed by atoms with Crippen molar-refractivity contribution in [2.75, 3.05) is 11.9 Å². The summed E-state index contributed by atoms with van der Waals surface area (Å²) >= 11 is 0. The maximum Gasteiger partial charge on any atom is 0.231 e.